The maximum atomic E-state index is 12.8. The first-order valence-electron chi connectivity index (χ1n) is 7.58. The molecular weight excluding hydrogens is 330 g/mol. The summed E-state index contributed by atoms with van der Waals surface area (Å²) >= 11 is 0. The van der Waals surface area contributed by atoms with Crippen molar-refractivity contribution in [2.75, 3.05) is 7.05 Å². The van der Waals surface area contributed by atoms with Crippen molar-refractivity contribution >= 4 is 15.9 Å². The maximum absolute atomic E-state index is 12.8. The van der Waals surface area contributed by atoms with Gasteiger partial charge in [-0.25, -0.2) is 18.4 Å². The Kier molecular flexibility index (Phi) is 4.14. The van der Waals surface area contributed by atoms with Crippen LogP contribution in [0.1, 0.15) is 35.6 Å². The number of sulfonamides is 1. The van der Waals surface area contributed by atoms with E-state index in [0.29, 0.717) is 18.7 Å². The second kappa shape index (κ2) is 5.99. The molecule has 0 atom stereocenters. The third kappa shape index (κ3) is 2.80. The predicted molar refractivity (Wildman–Crippen MR) is 86.7 cm³/mol. The van der Waals surface area contributed by atoms with Gasteiger partial charge in [0.1, 0.15) is 16.4 Å². The van der Waals surface area contributed by atoms with Gasteiger partial charge in [-0.1, -0.05) is 0 Å². The fourth-order valence-corrected chi connectivity index (χ4v) is 4.29. The number of hydrogen-bond acceptors (Lipinski definition) is 5. The van der Waals surface area contributed by atoms with Crippen LogP contribution in [0.25, 0.3) is 0 Å². The van der Waals surface area contributed by atoms with Crippen molar-refractivity contribution in [1.82, 2.24) is 24.6 Å². The Bertz CT molecular complexity index is 856. The van der Waals surface area contributed by atoms with Crippen molar-refractivity contribution in [2.24, 2.45) is 7.05 Å². The molecule has 0 spiro atoms. The lowest BCUT2D eigenvalue weighted by atomic mass is 9.77. The smallest absolute Gasteiger partial charge is 0.267 e. The second-order valence-corrected chi connectivity index (χ2v) is 7.55. The summed E-state index contributed by atoms with van der Waals surface area (Å²) in [6.45, 7) is 0. The molecule has 2 aromatic rings. The van der Waals surface area contributed by atoms with Gasteiger partial charge >= 0.3 is 0 Å². The van der Waals surface area contributed by atoms with Crippen molar-refractivity contribution in [3.8, 4) is 0 Å². The van der Waals surface area contributed by atoms with Crippen LogP contribution in [0.2, 0.25) is 0 Å². The summed E-state index contributed by atoms with van der Waals surface area (Å²) in [4.78, 5) is 20.2. The number of rotatable bonds is 5. The molecule has 24 heavy (non-hydrogen) atoms. The van der Waals surface area contributed by atoms with E-state index in [1.165, 1.54) is 23.9 Å². The summed E-state index contributed by atoms with van der Waals surface area (Å²) in [6, 6.07) is 3.05. The molecule has 0 bridgehead atoms. The minimum absolute atomic E-state index is 0.0470. The van der Waals surface area contributed by atoms with Gasteiger partial charge in [-0.3, -0.25) is 4.79 Å². The quantitative estimate of drug-likeness (QED) is 0.819. The topological polar surface area (TPSA) is 106 Å². The standard InChI is InChI=1S/C15H19N5O3S/c1-16-13(21)12-9-11(10-20(12)2)24(22,23)19-15(5-3-6-15)14-17-7-4-8-18-14/h4,7-10,19H,3,5-6H2,1-2H3,(H,16,21). The molecule has 0 saturated heterocycles. The molecule has 0 aliphatic heterocycles. The van der Waals surface area contributed by atoms with Crippen LogP contribution in [0, 0.1) is 0 Å². The molecule has 0 aromatic carbocycles. The number of carbonyl (C=O) groups is 1. The summed E-state index contributed by atoms with van der Waals surface area (Å²) in [7, 11) is -0.675. The lowest BCUT2D eigenvalue weighted by molar-refractivity contribution is 0.0955. The normalized spacial score (nSPS) is 16.4. The highest BCUT2D eigenvalue weighted by atomic mass is 32.2. The zero-order valence-corrected chi connectivity index (χ0v) is 14.3. The van der Waals surface area contributed by atoms with Crippen LogP contribution < -0.4 is 10.0 Å². The number of nitrogens with zero attached hydrogens (tertiary/aromatic N) is 3. The Labute approximate surface area is 140 Å². The average molecular weight is 349 g/mol. The number of carbonyl (C=O) groups excluding carboxylic acids is 1. The number of nitrogens with one attached hydrogen (secondary N) is 2. The van der Waals surface area contributed by atoms with Crippen LogP contribution in [0.5, 0.6) is 0 Å². The minimum atomic E-state index is -3.80. The molecular formula is C15H19N5O3S. The van der Waals surface area contributed by atoms with E-state index >= 15 is 0 Å². The van der Waals surface area contributed by atoms with E-state index in [1.807, 2.05) is 0 Å². The Morgan fingerprint density at radius 3 is 2.50 bits per heavy atom. The minimum Gasteiger partial charge on any atom is -0.354 e. The lowest BCUT2D eigenvalue weighted by Gasteiger charge is -2.40. The molecule has 0 radical (unpaired) electrons. The SMILES string of the molecule is CNC(=O)c1cc(S(=O)(=O)NC2(c3ncccn3)CCC2)cn1C. The first-order chi connectivity index (χ1) is 11.4. The van der Waals surface area contributed by atoms with Crippen molar-refractivity contribution in [3.63, 3.8) is 0 Å². The Hall–Kier alpha value is -2.26. The van der Waals surface area contributed by atoms with Gasteiger partial charge in [0, 0.05) is 32.7 Å². The highest BCUT2D eigenvalue weighted by Gasteiger charge is 2.45. The molecule has 128 valence electrons. The van der Waals surface area contributed by atoms with Crippen LogP contribution in [-0.4, -0.2) is 35.9 Å². The van der Waals surface area contributed by atoms with Gasteiger partial charge in [-0.2, -0.15) is 4.72 Å². The highest BCUT2D eigenvalue weighted by Crippen LogP contribution is 2.40. The number of amides is 1. The molecule has 8 nitrogen and oxygen atoms in total. The van der Waals surface area contributed by atoms with Gasteiger partial charge in [-0.05, 0) is 31.4 Å². The third-order valence-corrected chi connectivity index (χ3v) is 5.78. The molecule has 1 saturated carbocycles. The summed E-state index contributed by atoms with van der Waals surface area (Å²) < 4.78 is 29.8. The molecule has 1 amide bonds. The second-order valence-electron chi connectivity index (χ2n) is 5.86. The Morgan fingerprint density at radius 2 is 1.96 bits per heavy atom. The first kappa shape index (κ1) is 16.6. The van der Waals surface area contributed by atoms with Gasteiger partial charge in [0.05, 0.1) is 5.54 Å². The zero-order chi connectivity index (χ0) is 17.4. The Morgan fingerprint density at radius 1 is 1.29 bits per heavy atom. The van der Waals surface area contributed by atoms with Gasteiger partial charge in [0.25, 0.3) is 5.91 Å². The van der Waals surface area contributed by atoms with E-state index in [4.69, 9.17) is 0 Å². The van der Waals surface area contributed by atoms with E-state index < -0.39 is 15.6 Å². The molecule has 2 N–H and O–H groups in total. The fourth-order valence-electron chi connectivity index (χ4n) is 2.80. The van der Waals surface area contributed by atoms with E-state index in [0.717, 1.165) is 6.42 Å². The fraction of sp³-hybridized carbons (Fsp3) is 0.400. The maximum Gasteiger partial charge on any atom is 0.267 e. The molecule has 0 unspecified atom stereocenters. The van der Waals surface area contributed by atoms with Gasteiger partial charge < -0.3 is 9.88 Å². The van der Waals surface area contributed by atoms with Gasteiger partial charge in [0.15, 0.2) is 0 Å². The van der Waals surface area contributed by atoms with Crippen molar-refractivity contribution < 1.29 is 13.2 Å². The van der Waals surface area contributed by atoms with Crippen molar-refractivity contribution in [3.05, 3.63) is 42.2 Å². The lowest BCUT2D eigenvalue weighted by Crippen LogP contribution is -2.51. The van der Waals surface area contributed by atoms with Gasteiger partial charge in [-0.15, -0.1) is 0 Å². The van der Waals surface area contributed by atoms with Crippen LogP contribution in [0.15, 0.2) is 35.6 Å². The molecule has 2 aromatic heterocycles. The number of hydrogen-bond donors (Lipinski definition) is 2. The predicted octanol–water partition coefficient (Wildman–Crippen LogP) is 0.532. The Balaban J connectivity index is 1.93. The summed E-state index contributed by atoms with van der Waals surface area (Å²) in [5.74, 6) is 0.131. The largest absolute Gasteiger partial charge is 0.354 e. The van der Waals surface area contributed by atoms with Crippen LogP contribution in [0.3, 0.4) is 0 Å². The molecule has 1 aliphatic rings. The van der Waals surface area contributed by atoms with Crippen LogP contribution in [-0.2, 0) is 22.6 Å². The van der Waals surface area contributed by atoms with E-state index in [9.17, 15) is 13.2 Å². The highest BCUT2D eigenvalue weighted by molar-refractivity contribution is 7.89. The van der Waals surface area contributed by atoms with E-state index in [-0.39, 0.29) is 16.5 Å². The molecule has 2 heterocycles. The average Bonchev–Trinajstić information content (AvgIpc) is 2.94. The van der Waals surface area contributed by atoms with Crippen LogP contribution in [0.4, 0.5) is 0 Å². The summed E-state index contributed by atoms with van der Waals surface area (Å²) in [5, 5.41) is 2.49. The third-order valence-electron chi connectivity index (χ3n) is 4.28. The number of aromatic nitrogens is 3. The van der Waals surface area contributed by atoms with E-state index in [2.05, 4.69) is 20.0 Å². The van der Waals surface area contributed by atoms with Crippen molar-refractivity contribution in [1.29, 1.82) is 0 Å². The first-order valence-corrected chi connectivity index (χ1v) is 9.06. The molecule has 9 heteroatoms. The zero-order valence-electron chi connectivity index (χ0n) is 13.5. The van der Waals surface area contributed by atoms with Crippen molar-refractivity contribution in [2.45, 2.75) is 29.7 Å². The number of aryl methyl sites for hydroxylation is 1. The molecule has 3 rings (SSSR count). The molecule has 1 aliphatic carbocycles. The molecule has 1 fully saturated rings. The summed E-state index contributed by atoms with van der Waals surface area (Å²) in [6.07, 6.45) is 6.81. The monoisotopic (exact) mass is 349 g/mol. The summed E-state index contributed by atoms with van der Waals surface area (Å²) in [5.41, 5.74) is -0.500. The van der Waals surface area contributed by atoms with E-state index in [1.54, 1.807) is 25.5 Å². The van der Waals surface area contributed by atoms with Crippen LogP contribution >= 0.6 is 0 Å². The van der Waals surface area contributed by atoms with Gasteiger partial charge in [0.2, 0.25) is 10.0 Å².